The first-order chi connectivity index (χ1) is 17.8. The highest BCUT2D eigenvalue weighted by Gasteiger charge is 2.16. The highest BCUT2D eigenvalue weighted by molar-refractivity contribution is 5.72. The summed E-state index contributed by atoms with van der Waals surface area (Å²) >= 11 is 0. The van der Waals surface area contributed by atoms with Gasteiger partial charge in [0.1, 0.15) is 0 Å². The minimum atomic E-state index is 0.0417. The van der Waals surface area contributed by atoms with Crippen molar-refractivity contribution in [3.8, 4) is 0 Å². The summed E-state index contributed by atoms with van der Waals surface area (Å²) < 4.78 is 5.50. The first kappa shape index (κ1) is 35.5. The van der Waals surface area contributed by atoms with Crippen molar-refractivity contribution < 1.29 is 9.53 Å². The standard InChI is InChI=1S/C34H68O2/c1-4-7-9-10-11-12-13-14-15-16-17-18-19-20-21-22-23-24-25-26-27-28-29-30-32-36-34(35)33(6-3)31-8-5-2/h33H,4-32H2,1-3H3. The molecule has 36 heavy (non-hydrogen) atoms. The molecule has 0 rings (SSSR count). The van der Waals surface area contributed by atoms with Crippen LogP contribution in [-0.4, -0.2) is 12.6 Å². The molecule has 0 fully saturated rings. The van der Waals surface area contributed by atoms with Crippen molar-refractivity contribution in [1.29, 1.82) is 0 Å². The molecule has 0 heterocycles. The maximum Gasteiger partial charge on any atom is 0.308 e. The van der Waals surface area contributed by atoms with Gasteiger partial charge in [-0.3, -0.25) is 4.79 Å². The van der Waals surface area contributed by atoms with Crippen LogP contribution in [0.4, 0.5) is 0 Å². The molecule has 0 aliphatic rings. The van der Waals surface area contributed by atoms with E-state index in [-0.39, 0.29) is 11.9 Å². The first-order valence-corrected chi connectivity index (χ1v) is 16.9. The molecule has 0 aromatic rings. The molecule has 2 nitrogen and oxygen atoms in total. The summed E-state index contributed by atoms with van der Waals surface area (Å²) in [5, 5.41) is 0. The van der Waals surface area contributed by atoms with Crippen molar-refractivity contribution in [2.75, 3.05) is 6.61 Å². The number of carbonyl (C=O) groups is 1. The summed E-state index contributed by atoms with van der Waals surface area (Å²) in [6.45, 7) is 7.20. The van der Waals surface area contributed by atoms with Gasteiger partial charge in [0.05, 0.1) is 12.5 Å². The van der Waals surface area contributed by atoms with Crippen LogP contribution in [-0.2, 0) is 9.53 Å². The molecule has 0 amide bonds. The second-order valence-electron chi connectivity index (χ2n) is 11.5. The fourth-order valence-corrected chi connectivity index (χ4v) is 5.29. The number of carbonyl (C=O) groups excluding carboxylic acids is 1. The van der Waals surface area contributed by atoms with E-state index in [2.05, 4.69) is 20.8 Å². The molecular weight excluding hydrogens is 440 g/mol. The van der Waals surface area contributed by atoms with Crippen LogP contribution >= 0.6 is 0 Å². The van der Waals surface area contributed by atoms with E-state index in [0.29, 0.717) is 6.61 Å². The van der Waals surface area contributed by atoms with Crippen LogP contribution < -0.4 is 0 Å². The second kappa shape index (κ2) is 30.7. The Labute approximate surface area is 228 Å². The van der Waals surface area contributed by atoms with Gasteiger partial charge in [-0.2, -0.15) is 0 Å². The zero-order valence-electron chi connectivity index (χ0n) is 25.4. The lowest BCUT2D eigenvalue weighted by Gasteiger charge is -2.13. The highest BCUT2D eigenvalue weighted by atomic mass is 16.5. The second-order valence-corrected chi connectivity index (χ2v) is 11.5. The molecule has 216 valence electrons. The van der Waals surface area contributed by atoms with Gasteiger partial charge in [0, 0.05) is 0 Å². The molecule has 0 N–H and O–H groups in total. The Bertz CT molecular complexity index is 419. The fourth-order valence-electron chi connectivity index (χ4n) is 5.29. The first-order valence-electron chi connectivity index (χ1n) is 16.9. The van der Waals surface area contributed by atoms with Crippen molar-refractivity contribution in [2.24, 2.45) is 5.92 Å². The Balaban J connectivity index is 3.17. The van der Waals surface area contributed by atoms with Gasteiger partial charge < -0.3 is 4.74 Å². The summed E-state index contributed by atoms with van der Waals surface area (Å²) in [6, 6.07) is 0. The largest absolute Gasteiger partial charge is 0.465 e. The monoisotopic (exact) mass is 509 g/mol. The number of unbranched alkanes of at least 4 members (excludes halogenated alkanes) is 24. The van der Waals surface area contributed by atoms with Crippen LogP contribution in [0.5, 0.6) is 0 Å². The molecule has 0 aliphatic carbocycles. The van der Waals surface area contributed by atoms with Crippen molar-refractivity contribution in [3.05, 3.63) is 0 Å². The van der Waals surface area contributed by atoms with Gasteiger partial charge in [-0.05, 0) is 19.3 Å². The Hall–Kier alpha value is -0.530. The van der Waals surface area contributed by atoms with Crippen molar-refractivity contribution in [2.45, 2.75) is 201 Å². The number of rotatable bonds is 30. The number of hydrogen-bond acceptors (Lipinski definition) is 2. The van der Waals surface area contributed by atoms with E-state index in [1.165, 1.54) is 148 Å². The lowest BCUT2D eigenvalue weighted by molar-refractivity contribution is -0.149. The number of hydrogen-bond donors (Lipinski definition) is 0. The van der Waals surface area contributed by atoms with Crippen molar-refractivity contribution in [1.82, 2.24) is 0 Å². The van der Waals surface area contributed by atoms with Gasteiger partial charge in [0.15, 0.2) is 0 Å². The van der Waals surface area contributed by atoms with E-state index in [4.69, 9.17) is 4.74 Å². The topological polar surface area (TPSA) is 26.3 Å². The van der Waals surface area contributed by atoms with E-state index in [1.54, 1.807) is 0 Å². The number of esters is 1. The molecule has 0 radical (unpaired) electrons. The predicted octanol–water partition coefficient (Wildman–Crippen LogP) is 12.1. The Morgan fingerprint density at radius 1 is 0.444 bits per heavy atom. The zero-order valence-corrected chi connectivity index (χ0v) is 25.4. The molecule has 2 heteroatoms. The molecule has 0 aromatic heterocycles. The molecule has 0 bridgehead atoms. The van der Waals surface area contributed by atoms with Crippen molar-refractivity contribution in [3.63, 3.8) is 0 Å². The molecule has 1 atom stereocenters. The molecule has 0 saturated heterocycles. The normalized spacial score (nSPS) is 12.2. The number of ether oxygens (including phenoxy) is 1. The Morgan fingerprint density at radius 2 is 0.750 bits per heavy atom. The zero-order chi connectivity index (χ0) is 26.4. The van der Waals surface area contributed by atoms with Gasteiger partial charge in [-0.15, -0.1) is 0 Å². The Kier molecular flexibility index (Phi) is 30.2. The van der Waals surface area contributed by atoms with Crippen LogP contribution in [0.25, 0.3) is 0 Å². The van der Waals surface area contributed by atoms with E-state index in [1.807, 2.05) is 0 Å². The maximum absolute atomic E-state index is 12.1. The quantitative estimate of drug-likeness (QED) is 0.0712. The lowest BCUT2D eigenvalue weighted by Crippen LogP contribution is -2.17. The van der Waals surface area contributed by atoms with Gasteiger partial charge in [0.25, 0.3) is 0 Å². The molecular formula is C34H68O2. The van der Waals surface area contributed by atoms with Crippen molar-refractivity contribution >= 4 is 5.97 Å². The minimum absolute atomic E-state index is 0.0417. The van der Waals surface area contributed by atoms with Crippen LogP contribution in [0.15, 0.2) is 0 Å². The third-order valence-corrected chi connectivity index (χ3v) is 7.97. The van der Waals surface area contributed by atoms with Crippen LogP contribution in [0.3, 0.4) is 0 Å². The summed E-state index contributed by atoms with van der Waals surface area (Å²) in [5.74, 6) is 0.166. The van der Waals surface area contributed by atoms with E-state index in [0.717, 1.165) is 32.1 Å². The highest BCUT2D eigenvalue weighted by Crippen LogP contribution is 2.17. The van der Waals surface area contributed by atoms with Gasteiger partial charge in [-0.1, -0.05) is 181 Å². The van der Waals surface area contributed by atoms with Crippen LogP contribution in [0.2, 0.25) is 0 Å². The smallest absolute Gasteiger partial charge is 0.308 e. The fraction of sp³-hybridized carbons (Fsp3) is 0.971. The molecule has 0 aromatic carbocycles. The predicted molar refractivity (Wildman–Crippen MR) is 161 cm³/mol. The summed E-state index contributed by atoms with van der Waals surface area (Å²) in [4.78, 5) is 12.1. The van der Waals surface area contributed by atoms with E-state index < -0.39 is 0 Å². The third kappa shape index (κ3) is 26.5. The minimum Gasteiger partial charge on any atom is -0.465 e. The molecule has 0 saturated carbocycles. The van der Waals surface area contributed by atoms with E-state index >= 15 is 0 Å². The van der Waals surface area contributed by atoms with Gasteiger partial charge in [-0.25, -0.2) is 0 Å². The Morgan fingerprint density at radius 3 is 1.06 bits per heavy atom. The SMILES string of the molecule is CCCCCCCCCCCCCCCCCCCCCCCCCCOC(=O)C(CC)CCCC. The molecule has 0 aliphatic heterocycles. The van der Waals surface area contributed by atoms with Crippen LogP contribution in [0.1, 0.15) is 201 Å². The molecule has 1 unspecified atom stereocenters. The summed E-state index contributed by atoms with van der Waals surface area (Å²) in [7, 11) is 0. The van der Waals surface area contributed by atoms with E-state index in [9.17, 15) is 4.79 Å². The third-order valence-electron chi connectivity index (χ3n) is 7.97. The lowest BCUT2D eigenvalue weighted by atomic mass is 10.00. The van der Waals surface area contributed by atoms with Crippen LogP contribution in [0, 0.1) is 5.92 Å². The maximum atomic E-state index is 12.1. The summed E-state index contributed by atoms with van der Waals surface area (Å²) in [6.07, 6.45) is 38.0. The van der Waals surface area contributed by atoms with Gasteiger partial charge in [0.2, 0.25) is 0 Å². The average molecular weight is 509 g/mol. The molecule has 0 spiro atoms. The van der Waals surface area contributed by atoms with Gasteiger partial charge >= 0.3 is 5.97 Å². The summed E-state index contributed by atoms with van der Waals surface area (Å²) in [5.41, 5.74) is 0. The average Bonchev–Trinajstić information content (AvgIpc) is 2.89.